The largest absolute Gasteiger partial charge is 0.389 e. The van der Waals surface area contributed by atoms with Crippen molar-refractivity contribution >= 4 is 0 Å². The predicted molar refractivity (Wildman–Crippen MR) is 39.1 cm³/mol. The minimum atomic E-state index is -1.40. The average molecular weight is 175 g/mol. The van der Waals surface area contributed by atoms with Gasteiger partial charge in [0.1, 0.15) is 17.9 Å². The van der Waals surface area contributed by atoms with Gasteiger partial charge in [0.25, 0.3) is 0 Å². The average Bonchev–Trinajstić information content (AvgIpc) is 2.41. The number of nitrogens with one attached hydrogen (secondary N) is 1. The molecule has 12 heavy (non-hydrogen) atoms. The number of piperidine rings is 1. The Balaban J connectivity index is 2.25. The molecule has 2 fully saturated rings. The lowest BCUT2D eigenvalue weighted by atomic mass is 9.94. The SMILES string of the molecule is O[C@@H]1[C@@H](O)[C@@H](O)[C@@]2(O)CC[C@@H]1N2. The Morgan fingerprint density at radius 3 is 2.50 bits per heavy atom. The quantitative estimate of drug-likeness (QED) is 0.281. The second-order valence-electron chi connectivity index (χ2n) is 3.64. The van der Waals surface area contributed by atoms with Crippen LogP contribution in [0.4, 0.5) is 0 Å². The topological polar surface area (TPSA) is 93.0 Å². The van der Waals surface area contributed by atoms with Crippen molar-refractivity contribution in [3.63, 3.8) is 0 Å². The van der Waals surface area contributed by atoms with Gasteiger partial charge in [0, 0.05) is 6.04 Å². The third kappa shape index (κ3) is 0.915. The molecule has 0 unspecified atom stereocenters. The fourth-order valence-electron chi connectivity index (χ4n) is 2.04. The lowest BCUT2D eigenvalue weighted by molar-refractivity contribution is -0.186. The third-order valence-electron chi connectivity index (χ3n) is 2.85. The Morgan fingerprint density at radius 1 is 1.17 bits per heavy atom. The summed E-state index contributed by atoms with van der Waals surface area (Å²) in [6.45, 7) is 0. The van der Waals surface area contributed by atoms with Crippen molar-refractivity contribution in [2.75, 3.05) is 0 Å². The number of fused-ring (bicyclic) bond motifs is 2. The van der Waals surface area contributed by atoms with Gasteiger partial charge in [-0.25, -0.2) is 0 Å². The fourth-order valence-corrected chi connectivity index (χ4v) is 2.04. The van der Waals surface area contributed by atoms with Crippen molar-refractivity contribution in [2.45, 2.75) is 42.9 Å². The van der Waals surface area contributed by atoms with Crippen LogP contribution in [0.15, 0.2) is 0 Å². The van der Waals surface area contributed by atoms with Crippen LogP contribution >= 0.6 is 0 Å². The summed E-state index contributed by atoms with van der Waals surface area (Å²) in [5, 5.41) is 40.4. The lowest BCUT2D eigenvalue weighted by Crippen LogP contribution is -2.67. The highest BCUT2D eigenvalue weighted by molar-refractivity contribution is 5.07. The van der Waals surface area contributed by atoms with E-state index in [2.05, 4.69) is 5.32 Å². The summed E-state index contributed by atoms with van der Waals surface area (Å²) in [7, 11) is 0. The molecule has 0 aromatic carbocycles. The van der Waals surface area contributed by atoms with Crippen molar-refractivity contribution in [1.29, 1.82) is 0 Å². The second kappa shape index (κ2) is 2.40. The van der Waals surface area contributed by atoms with Crippen LogP contribution in [0.5, 0.6) is 0 Å². The van der Waals surface area contributed by atoms with Gasteiger partial charge in [-0.3, -0.25) is 5.32 Å². The maximum atomic E-state index is 9.65. The minimum absolute atomic E-state index is 0.298. The molecule has 0 aliphatic carbocycles. The van der Waals surface area contributed by atoms with Gasteiger partial charge in [0.2, 0.25) is 0 Å². The highest BCUT2D eigenvalue weighted by Gasteiger charge is 2.55. The first-order valence-electron chi connectivity index (χ1n) is 4.09. The fraction of sp³-hybridized carbons (Fsp3) is 1.00. The first-order chi connectivity index (χ1) is 5.54. The van der Waals surface area contributed by atoms with Crippen LogP contribution in [-0.2, 0) is 0 Å². The highest BCUT2D eigenvalue weighted by atomic mass is 16.4. The summed E-state index contributed by atoms with van der Waals surface area (Å²) < 4.78 is 0. The molecule has 0 amide bonds. The van der Waals surface area contributed by atoms with E-state index in [4.69, 9.17) is 0 Å². The highest BCUT2D eigenvalue weighted by Crippen LogP contribution is 2.34. The van der Waals surface area contributed by atoms with E-state index in [1.54, 1.807) is 0 Å². The zero-order chi connectivity index (χ0) is 8.93. The summed E-state index contributed by atoms with van der Waals surface area (Å²) in [5.41, 5.74) is -1.40. The van der Waals surface area contributed by atoms with Gasteiger partial charge in [-0.05, 0) is 12.8 Å². The summed E-state index contributed by atoms with van der Waals surface area (Å²) in [6.07, 6.45) is -2.59. The zero-order valence-electron chi connectivity index (χ0n) is 6.51. The molecule has 2 aliphatic rings. The van der Waals surface area contributed by atoms with E-state index in [1.807, 2.05) is 0 Å². The molecule has 0 aromatic rings. The molecule has 5 nitrogen and oxygen atoms in total. The Hall–Kier alpha value is -0.200. The molecule has 5 N–H and O–H groups in total. The van der Waals surface area contributed by atoms with Crippen molar-refractivity contribution in [3.05, 3.63) is 0 Å². The summed E-state index contributed by atoms with van der Waals surface area (Å²) >= 11 is 0. The van der Waals surface area contributed by atoms with Gasteiger partial charge in [0.15, 0.2) is 0 Å². The Bertz CT molecular complexity index is 200. The molecule has 0 saturated carbocycles. The molecule has 5 heteroatoms. The van der Waals surface area contributed by atoms with Gasteiger partial charge in [0.05, 0.1) is 6.10 Å². The van der Waals surface area contributed by atoms with E-state index in [-0.39, 0.29) is 6.04 Å². The Labute approximate surface area is 69.6 Å². The van der Waals surface area contributed by atoms with Gasteiger partial charge >= 0.3 is 0 Å². The monoisotopic (exact) mass is 175 g/mol. The van der Waals surface area contributed by atoms with Crippen LogP contribution in [0.1, 0.15) is 12.8 Å². The number of rotatable bonds is 0. The number of aliphatic hydroxyl groups excluding tert-OH is 3. The zero-order valence-corrected chi connectivity index (χ0v) is 6.51. The number of aliphatic hydroxyl groups is 4. The number of hydrogen-bond acceptors (Lipinski definition) is 5. The molecule has 2 saturated heterocycles. The summed E-state index contributed by atoms with van der Waals surface area (Å²) in [6, 6.07) is -0.298. The summed E-state index contributed by atoms with van der Waals surface area (Å²) in [5.74, 6) is 0. The van der Waals surface area contributed by atoms with Crippen LogP contribution in [-0.4, -0.2) is 50.5 Å². The molecule has 5 atom stereocenters. The van der Waals surface area contributed by atoms with E-state index < -0.39 is 24.0 Å². The van der Waals surface area contributed by atoms with Gasteiger partial charge in [-0.2, -0.15) is 0 Å². The molecule has 70 valence electrons. The Kier molecular flexibility index (Phi) is 1.68. The van der Waals surface area contributed by atoms with Crippen LogP contribution in [0, 0.1) is 0 Å². The third-order valence-corrected chi connectivity index (χ3v) is 2.85. The van der Waals surface area contributed by atoms with Crippen LogP contribution in [0.3, 0.4) is 0 Å². The maximum Gasteiger partial charge on any atom is 0.145 e. The van der Waals surface area contributed by atoms with Crippen molar-refractivity contribution in [3.8, 4) is 0 Å². The normalized spacial score (nSPS) is 59.0. The smallest absolute Gasteiger partial charge is 0.145 e. The predicted octanol–water partition coefficient (Wildman–Crippen LogP) is -2.48. The van der Waals surface area contributed by atoms with Crippen molar-refractivity contribution in [1.82, 2.24) is 5.32 Å². The van der Waals surface area contributed by atoms with E-state index in [0.717, 1.165) is 0 Å². The number of hydrogen-bond donors (Lipinski definition) is 5. The van der Waals surface area contributed by atoms with E-state index in [1.165, 1.54) is 0 Å². The van der Waals surface area contributed by atoms with Gasteiger partial charge in [-0.1, -0.05) is 0 Å². The second-order valence-corrected chi connectivity index (χ2v) is 3.64. The van der Waals surface area contributed by atoms with Crippen LogP contribution < -0.4 is 5.32 Å². The van der Waals surface area contributed by atoms with Gasteiger partial charge < -0.3 is 20.4 Å². The van der Waals surface area contributed by atoms with E-state index >= 15 is 0 Å². The van der Waals surface area contributed by atoms with Crippen LogP contribution in [0.2, 0.25) is 0 Å². The first-order valence-corrected chi connectivity index (χ1v) is 4.09. The lowest BCUT2D eigenvalue weighted by Gasteiger charge is -2.40. The van der Waals surface area contributed by atoms with Crippen molar-refractivity contribution in [2.24, 2.45) is 0 Å². The molecule has 2 aliphatic heterocycles. The molecular formula is C7H13NO4. The molecule has 2 heterocycles. The van der Waals surface area contributed by atoms with E-state index in [0.29, 0.717) is 12.8 Å². The maximum absolute atomic E-state index is 9.65. The summed E-state index contributed by atoms with van der Waals surface area (Å²) in [4.78, 5) is 0. The first kappa shape index (κ1) is 8.40. The molecule has 0 aromatic heterocycles. The molecule has 2 rings (SSSR count). The van der Waals surface area contributed by atoms with Crippen molar-refractivity contribution < 1.29 is 20.4 Å². The molecule has 0 radical (unpaired) electrons. The van der Waals surface area contributed by atoms with Gasteiger partial charge in [-0.15, -0.1) is 0 Å². The standard InChI is InChI=1S/C7H13NO4/c9-4-3-1-2-7(12,8-3)6(11)5(4)10/h3-6,8-12H,1-2H2/t3-,4-,5+,6+,7-/m0/s1. The minimum Gasteiger partial charge on any atom is -0.389 e. The molecular weight excluding hydrogens is 162 g/mol. The Morgan fingerprint density at radius 2 is 1.83 bits per heavy atom. The van der Waals surface area contributed by atoms with E-state index in [9.17, 15) is 20.4 Å². The molecule has 2 bridgehead atoms. The molecule has 0 spiro atoms. The van der Waals surface area contributed by atoms with Crippen LogP contribution in [0.25, 0.3) is 0 Å².